The Kier molecular flexibility index (Phi) is 5.30. The lowest BCUT2D eigenvalue weighted by Crippen LogP contribution is -2.46. The van der Waals surface area contributed by atoms with Crippen LogP contribution in [0, 0.1) is 0 Å². The second-order valence-electron chi connectivity index (χ2n) is 7.74. The number of ether oxygens (including phenoxy) is 1. The van der Waals surface area contributed by atoms with Crippen molar-refractivity contribution in [3.05, 3.63) is 90.1 Å². The quantitative estimate of drug-likeness (QED) is 0.378. The minimum Gasteiger partial charge on any atom is -0.465 e. The van der Waals surface area contributed by atoms with Gasteiger partial charge in [-0.1, -0.05) is 66.7 Å². The molecule has 7 heteroatoms. The molecule has 31 heavy (non-hydrogen) atoms. The van der Waals surface area contributed by atoms with Crippen molar-refractivity contribution in [2.24, 2.45) is 0 Å². The standard InChI is InChI=1S/C24H19B3N2O2/c1-23(24(25,26)27,19-13-11-17(12-14-19)16-7-4-3-5-8-16)29-21-18(15-28-29)9-6-10-20(21)22(30)31-2/h3-15H,1-2H3. The van der Waals surface area contributed by atoms with E-state index >= 15 is 0 Å². The van der Waals surface area contributed by atoms with Gasteiger partial charge in [0, 0.05) is 5.39 Å². The molecule has 1 heterocycles. The van der Waals surface area contributed by atoms with E-state index < -0.39 is 16.6 Å². The van der Waals surface area contributed by atoms with E-state index in [0.29, 0.717) is 11.1 Å². The first-order valence-electron chi connectivity index (χ1n) is 9.85. The molecule has 3 aromatic carbocycles. The summed E-state index contributed by atoms with van der Waals surface area (Å²) < 4.78 is 6.58. The summed E-state index contributed by atoms with van der Waals surface area (Å²) in [5.41, 5.74) is 2.62. The number of carbonyl (C=O) groups is 1. The second kappa shape index (κ2) is 7.80. The van der Waals surface area contributed by atoms with Crippen LogP contribution in [-0.2, 0) is 10.3 Å². The Morgan fingerprint density at radius 1 is 0.903 bits per heavy atom. The predicted molar refractivity (Wildman–Crippen MR) is 126 cm³/mol. The number of nitrogens with zero attached hydrogens (tertiary/aromatic N) is 2. The Morgan fingerprint density at radius 3 is 2.16 bits per heavy atom. The first-order valence-corrected chi connectivity index (χ1v) is 9.85. The van der Waals surface area contributed by atoms with E-state index in [2.05, 4.69) is 5.10 Å². The zero-order valence-corrected chi connectivity index (χ0v) is 17.4. The molecule has 4 rings (SSSR count). The fourth-order valence-electron chi connectivity index (χ4n) is 3.87. The third-order valence-electron chi connectivity index (χ3n) is 5.82. The zero-order valence-electron chi connectivity index (χ0n) is 17.4. The fraction of sp³-hybridized carbons (Fsp3) is 0.167. The van der Waals surface area contributed by atoms with Crippen LogP contribution in [-0.4, -0.2) is 46.4 Å². The number of esters is 1. The van der Waals surface area contributed by atoms with Gasteiger partial charge in [0.15, 0.2) is 0 Å². The van der Waals surface area contributed by atoms with Crippen molar-refractivity contribution in [3.8, 4) is 11.1 Å². The van der Waals surface area contributed by atoms with Crippen LogP contribution in [0.25, 0.3) is 22.0 Å². The van der Waals surface area contributed by atoms with Crippen LogP contribution < -0.4 is 0 Å². The van der Waals surface area contributed by atoms with Gasteiger partial charge in [-0.15, -0.1) is 5.11 Å². The van der Waals surface area contributed by atoms with Crippen molar-refractivity contribution in [3.63, 3.8) is 0 Å². The second-order valence-corrected chi connectivity index (χ2v) is 7.74. The molecule has 1 atom stereocenters. The number of hydrogen-bond acceptors (Lipinski definition) is 3. The van der Waals surface area contributed by atoms with Crippen LogP contribution in [0.3, 0.4) is 0 Å². The maximum Gasteiger partial charge on any atom is 0.340 e. The molecule has 0 aliphatic carbocycles. The van der Waals surface area contributed by atoms with Crippen LogP contribution in [0.2, 0.25) is 5.11 Å². The highest BCUT2D eigenvalue weighted by atomic mass is 16.5. The highest BCUT2D eigenvalue weighted by Crippen LogP contribution is 2.44. The van der Waals surface area contributed by atoms with E-state index in [-0.39, 0.29) is 0 Å². The lowest BCUT2D eigenvalue weighted by Gasteiger charge is -2.45. The molecule has 0 spiro atoms. The van der Waals surface area contributed by atoms with Crippen molar-refractivity contribution in [2.45, 2.75) is 17.6 Å². The molecule has 1 aromatic heterocycles. The fourth-order valence-corrected chi connectivity index (χ4v) is 3.87. The van der Waals surface area contributed by atoms with Gasteiger partial charge in [-0.2, -0.15) is 5.10 Å². The van der Waals surface area contributed by atoms with Gasteiger partial charge in [-0.25, -0.2) is 4.79 Å². The number of hydrogen-bond donors (Lipinski definition) is 0. The number of methoxy groups -OCH3 is 1. The molecule has 0 bridgehead atoms. The van der Waals surface area contributed by atoms with Crippen LogP contribution >= 0.6 is 0 Å². The Labute approximate surface area is 185 Å². The van der Waals surface area contributed by atoms with Gasteiger partial charge < -0.3 is 4.74 Å². The Morgan fingerprint density at radius 2 is 1.55 bits per heavy atom. The van der Waals surface area contributed by atoms with E-state index in [1.165, 1.54) is 7.11 Å². The third kappa shape index (κ3) is 3.48. The van der Waals surface area contributed by atoms with E-state index in [1.54, 1.807) is 23.0 Å². The molecule has 0 aliphatic rings. The molecule has 146 valence electrons. The molecule has 0 aliphatic heterocycles. The lowest BCUT2D eigenvalue weighted by atomic mass is 9.34. The highest BCUT2D eigenvalue weighted by Gasteiger charge is 2.41. The predicted octanol–water partition coefficient (Wildman–Crippen LogP) is 3.83. The largest absolute Gasteiger partial charge is 0.465 e. The summed E-state index contributed by atoms with van der Waals surface area (Å²) >= 11 is 0. The van der Waals surface area contributed by atoms with Crippen LogP contribution in [0.5, 0.6) is 0 Å². The molecular weight excluding hydrogens is 381 g/mol. The summed E-state index contributed by atoms with van der Waals surface area (Å²) in [5, 5.41) is 3.60. The topological polar surface area (TPSA) is 44.1 Å². The molecule has 0 fully saturated rings. The van der Waals surface area contributed by atoms with Crippen molar-refractivity contribution in [1.29, 1.82) is 0 Å². The van der Waals surface area contributed by atoms with Gasteiger partial charge in [0.05, 0.1) is 53.5 Å². The average molecular weight is 400 g/mol. The SMILES string of the molecule is [B]C([B])([B])C(C)(c1ccc(-c2ccccc2)cc1)n1ncc2cccc(C(=O)OC)c21. The summed E-state index contributed by atoms with van der Waals surface area (Å²) in [6, 6.07) is 23.2. The van der Waals surface area contributed by atoms with Crippen molar-refractivity contribution < 1.29 is 9.53 Å². The number of para-hydroxylation sites is 1. The molecule has 4 aromatic rings. The lowest BCUT2D eigenvalue weighted by molar-refractivity contribution is 0.0602. The van der Waals surface area contributed by atoms with Crippen LogP contribution in [0.4, 0.5) is 0 Å². The molecule has 0 saturated heterocycles. The Hall–Kier alpha value is -3.21. The van der Waals surface area contributed by atoms with Gasteiger partial charge >= 0.3 is 5.97 Å². The van der Waals surface area contributed by atoms with Crippen molar-refractivity contribution in [2.75, 3.05) is 7.11 Å². The van der Waals surface area contributed by atoms with Gasteiger partial charge in [0.1, 0.15) is 0 Å². The molecule has 0 amide bonds. The average Bonchev–Trinajstić information content (AvgIpc) is 3.22. The first kappa shape index (κ1) is 21.0. The Balaban J connectivity index is 1.92. The first-order chi connectivity index (χ1) is 14.8. The third-order valence-corrected chi connectivity index (χ3v) is 5.82. The van der Waals surface area contributed by atoms with E-state index in [4.69, 9.17) is 28.3 Å². The van der Waals surface area contributed by atoms with Gasteiger partial charge in [0.25, 0.3) is 0 Å². The van der Waals surface area contributed by atoms with E-state index in [9.17, 15) is 4.79 Å². The minimum atomic E-state index is -1.69. The number of benzene rings is 3. The van der Waals surface area contributed by atoms with Crippen LogP contribution in [0.1, 0.15) is 22.8 Å². The zero-order chi connectivity index (χ0) is 22.2. The van der Waals surface area contributed by atoms with Gasteiger partial charge in [-0.3, -0.25) is 4.68 Å². The smallest absolute Gasteiger partial charge is 0.340 e. The van der Waals surface area contributed by atoms with Crippen molar-refractivity contribution in [1.82, 2.24) is 9.78 Å². The highest BCUT2D eigenvalue weighted by molar-refractivity contribution is 6.60. The van der Waals surface area contributed by atoms with Crippen LogP contribution in [0.15, 0.2) is 79.0 Å². The number of fused-ring (bicyclic) bond motifs is 1. The van der Waals surface area contributed by atoms with Crippen molar-refractivity contribution >= 4 is 40.4 Å². The monoisotopic (exact) mass is 400 g/mol. The van der Waals surface area contributed by atoms with E-state index in [0.717, 1.165) is 22.1 Å². The van der Waals surface area contributed by atoms with E-state index in [1.807, 2.05) is 67.6 Å². The number of carbonyl (C=O) groups excluding carboxylic acids is 1. The molecule has 4 nitrogen and oxygen atoms in total. The summed E-state index contributed by atoms with van der Waals surface area (Å²) in [7, 11) is 20.3. The Bertz CT molecular complexity index is 1230. The minimum absolute atomic E-state index is 0.355. The molecule has 6 radical (unpaired) electrons. The summed E-state index contributed by atoms with van der Waals surface area (Å²) in [5.74, 6) is -0.481. The summed E-state index contributed by atoms with van der Waals surface area (Å²) in [6.45, 7) is 1.81. The maximum absolute atomic E-state index is 12.4. The molecule has 0 N–H and O–H groups in total. The van der Waals surface area contributed by atoms with Gasteiger partial charge in [-0.05, 0) is 29.7 Å². The maximum atomic E-state index is 12.4. The normalized spacial score (nSPS) is 13.6. The number of rotatable bonds is 5. The summed E-state index contributed by atoms with van der Waals surface area (Å²) in [4.78, 5) is 12.4. The van der Waals surface area contributed by atoms with Gasteiger partial charge in [0.2, 0.25) is 0 Å². The molecule has 0 saturated carbocycles. The summed E-state index contributed by atoms with van der Waals surface area (Å²) in [6.07, 6.45) is 1.66. The molecule has 1 unspecified atom stereocenters. The molecular formula is C24H19B3N2O2. The number of aromatic nitrogens is 2.